The van der Waals surface area contributed by atoms with Gasteiger partial charge < -0.3 is 5.11 Å². The van der Waals surface area contributed by atoms with E-state index in [0.717, 1.165) is 38.5 Å². The molecule has 14 heavy (non-hydrogen) atoms. The summed E-state index contributed by atoms with van der Waals surface area (Å²) in [6.07, 6.45) is 6.91. The Morgan fingerprint density at radius 2 is 1.79 bits per heavy atom. The van der Waals surface area contributed by atoms with Gasteiger partial charge in [0, 0.05) is 12.3 Å². The van der Waals surface area contributed by atoms with Crippen molar-refractivity contribution >= 4 is 5.78 Å². The lowest BCUT2D eigenvalue weighted by Crippen LogP contribution is -2.18. The van der Waals surface area contributed by atoms with Crippen LogP contribution in [0.15, 0.2) is 0 Å². The minimum atomic E-state index is -0.0909. The third-order valence-electron chi connectivity index (χ3n) is 2.61. The van der Waals surface area contributed by atoms with Gasteiger partial charge in [0.15, 0.2) is 0 Å². The fourth-order valence-corrected chi connectivity index (χ4v) is 1.56. The zero-order valence-corrected chi connectivity index (χ0v) is 9.59. The predicted molar refractivity (Wildman–Crippen MR) is 59.2 cm³/mol. The molecule has 0 saturated carbocycles. The third kappa shape index (κ3) is 6.14. The van der Waals surface area contributed by atoms with Crippen LogP contribution in [0, 0.1) is 5.92 Å². The van der Waals surface area contributed by atoms with E-state index < -0.39 is 0 Å². The van der Waals surface area contributed by atoms with Gasteiger partial charge in [0.05, 0.1) is 6.61 Å². The van der Waals surface area contributed by atoms with Crippen molar-refractivity contribution in [2.75, 3.05) is 6.61 Å². The Balaban J connectivity index is 3.67. The highest BCUT2D eigenvalue weighted by Gasteiger charge is 2.15. The maximum Gasteiger partial charge on any atom is 0.138 e. The van der Waals surface area contributed by atoms with Gasteiger partial charge in [0.2, 0.25) is 0 Å². The van der Waals surface area contributed by atoms with Crippen LogP contribution in [0.3, 0.4) is 0 Å². The zero-order valence-electron chi connectivity index (χ0n) is 9.59. The molecule has 0 spiro atoms. The smallest absolute Gasteiger partial charge is 0.138 e. The topological polar surface area (TPSA) is 37.3 Å². The molecule has 0 aromatic heterocycles. The van der Waals surface area contributed by atoms with E-state index in [4.69, 9.17) is 5.11 Å². The molecular weight excluding hydrogens is 176 g/mol. The molecule has 1 N–H and O–H groups in total. The van der Waals surface area contributed by atoms with Crippen LogP contribution >= 0.6 is 0 Å². The minimum absolute atomic E-state index is 0.0327. The average molecular weight is 200 g/mol. The fraction of sp³-hybridized carbons (Fsp3) is 0.917. The van der Waals surface area contributed by atoms with Crippen LogP contribution in [0.5, 0.6) is 0 Å². The van der Waals surface area contributed by atoms with Crippen molar-refractivity contribution in [1.82, 2.24) is 0 Å². The van der Waals surface area contributed by atoms with Crippen LogP contribution in [-0.2, 0) is 4.79 Å². The van der Waals surface area contributed by atoms with Crippen LogP contribution in [0.2, 0.25) is 0 Å². The Morgan fingerprint density at radius 3 is 2.29 bits per heavy atom. The Kier molecular flexibility index (Phi) is 8.95. The molecule has 1 atom stereocenters. The lowest BCUT2D eigenvalue weighted by Gasteiger charge is -2.11. The van der Waals surface area contributed by atoms with Crippen molar-refractivity contribution in [3.8, 4) is 0 Å². The number of Topliss-reactive ketones (excluding diaryl/α,β-unsaturated/α-hetero) is 1. The molecule has 0 heterocycles. The first-order valence-corrected chi connectivity index (χ1v) is 5.89. The van der Waals surface area contributed by atoms with Crippen LogP contribution in [0.4, 0.5) is 0 Å². The summed E-state index contributed by atoms with van der Waals surface area (Å²) in [7, 11) is 0. The molecule has 0 aliphatic rings. The molecule has 0 aliphatic carbocycles. The van der Waals surface area contributed by atoms with E-state index in [1.807, 2.05) is 0 Å². The quantitative estimate of drug-likeness (QED) is 0.581. The van der Waals surface area contributed by atoms with E-state index in [1.165, 1.54) is 0 Å². The second kappa shape index (κ2) is 9.20. The highest BCUT2D eigenvalue weighted by Crippen LogP contribution is 2.13. The van der Waals surface area contributed by atoms with Crippen molar-refractivity contribution in [2.24, 2.45) is 5.92 Å². The van der Waals surface area contributed by atoms with Crippen LogP contribution in [0.25, 0.3) is 0 Å². The number of hydrogen-bond acceptors (Lipinski definition) is 2. The van der Waals surface area contributed by atoms with Gasteiger partial charge in [-0.1, -0.05) is 39.5 Å². The minimum Gasteiger partial charge on any atom is -0.396 e. The molecule has 0 unspecified atom stereocenters. The second-order valence-electron chi connectivity index (χ2n) is 3.95. The van der Waals surface area contributed by atoms with E-state index in [2.05, 4.69) is 13.8 Å². The van der Waals surface area contributed by atoms with Crippen molar-refractivity contribution in [3.63, 3.8) is 0 Å². The number of aliphatic hydroxyl groups excluding tert-OH is 1. The molecule has 0 aromatic rings. The number of hydrogen-bond donors (Lipinski definition) is 1. The highest BCUT2D eigenvalue weighted by molar-refractivity contribution is 5.81. The summed E-state index contributed by atoms with van der Waals surface area (Å²) in [4.78, 5) is 11.6. The van der Waals surface area contributed by atoms with Gasteiger partial charge >= 0.3 is 0 Å². The van der Waals surface area contributed by atoms with Gasteiger partial charge in [0.25, 0.3) is 0 Å². The summed E-state index contributed by atoms with van der Waals surface area (Å²) in [5.74, 6) is 0.168. The lowest BCUT2D eigenvalue weighted by molar-refractivity contribution is -0.124. The molecule has 0 aromatic carbocycles. The summed E-state index contributed by atoms with van der Waals surface area (Å²) in [5, 5.41) is 9.06. The molecule has 0 bridgehead atoms. The zero-order chi connectivity index (χ0) is 10.8. The summed E-state index contributed by atoms with van der Waals surface area (Å²) in [5.41, 5.74) is 0. The van der Waals surface area contributed by atoms with Crippen molar-refractivity contribution in [1.29, 1.82) is 0 Å². The second-order valence-corrected chi connectivity index (χ2v) is 3.95. The van der Waals surface area contributed by atoms with Gasteiger partial charge in [-0.25, -0.2) is 0 Å². The lowest BCUT2D eigenvalue weighted by atomic mass is 9.95. The summed E-state index contributed by atoms with van der Waals surface area (Å²) in [6.45, 7) is 4.27. The van der Waals surface area contributed by atoms with Gasteiger partial charge in [-0.05, 0) is 12.8 Å². The molecule has 0 radical (unpaired) electrons. The van der Waals surface area contributed by atoms with Crippen molar-refractivity contribution < 1.29 is 9.90 Å². The van der Waals surface area contributed by atoms with Crippen LogP contribution in [-0.4, -0.2) is 17.5 Å². The van der Waals surface area contributed by atoms with E-state index >= 15 is 0 Å². The first-order valence-electron chi connectivity index (χ1n) is 5.89. The maximum absolute atomic E-state index is 11.6. The Morgan fingerprint density at radius 1 is 1.14 bits per heavy atom. The standard InChI is InChI=1S/C12H24O2/c1-3-5-7-9-12(14)11(10-13)8-6-4-2/h11,13H,3-10H2,1-2H3/t11-/m0/s1. The van der Waals surface area contributed by atoms with Crippen LogP contribution in [0.1, 0.15) is 58.8 Å². The van der Waals surface area contributed by atoms with Crippen molar-refractivity contribution in [3.05, 3.63) is 0 Å². The van der Waals surface area contributed by atoms with Gasteiger partial charge in [-0.3, -0.25) is 4.79 Å². The summed E-state index contributed by atoms with van der Waals surface area (Å²) >= 11 is 0. The largest absolute Gasteiger partial charge is 0.396 e. The third-order valence-corrected chi connectivity index (χ3v) is 2.61. The van der Waals surface area contributed by atoms with Gasteiger partial charge in [-0.2, -0.15) is 0 Å². The summed E-state index contributed by atoms with van der Waals surface area (Å²) < 4.78 is 0. The number of aliphatic hydroxyl groups is 1. The van der Waals surface area contributed by atoms with Crippen molar-refractivity contribution in [2.45, 2.75) is 58.8 Å². The summed E-state index contributed by atoms with van der Waals surface area (Å²) in [6, 6.07) is 0. The maximum atomic E-state index is 11.6. The van der Waals surface area contributed by atoms with E-state index in [-0.39, 0.29) is 18.3 Å². The molecule has 0 fully saturated rings. The number of ketones is 1. The molecule has 2 nitrogen and oxygen atoms in total. The van der Waals surface area contributed by atoms with Crippen LogP contribution < -0.4 is 0 Å². The molecule has 84 valence electrons. The van der Waals surface area contributed by atoms with E-state index in [1.54, 1.807) is 0 Å². The SMILES string of the molecule is CCCCCC(=O)[C@H](CO)CCCC. The molecule has 0 aliphatic heterocycles. The van der Waals surface area contributed by atoms with E-state index in [0.29, 0.717) is 6.42 Å². The normalized spacial score (nSPS) is 12.8. The number of carbonyl (C=O) groups is 1. The highest BCUT2D eigenvalue weighted by atomic mass is 16.3. The van der Waals surface area contributed by atoms with Gasteiger partial charge in [0.1, 0.15) is 5.78 Å². The van der Waals surface area contributed by atoms with Gasteiger partial charge in [-0.15, -0.1) is 0 Å². The molecular formula is C12H24O2. The fourth-order valence-electron chi connectivity index (χ4n) is 1.56. The number of rotatable bonds is 9. The Labute approximate surface area is 87.7 Å². The molecule has 2 heteroatoms. The predicted octanol–water partition coefficient (Wildman–Crippen LogP) is 2.93. The first-order chi connectivity index (χ1) is 6.76. The Bertz CT molecular complexity index is 143. The Hall–Kier alpha value is -0.370. The number of carbonyl (C=O) groups excluding carboxylic acids is 1. The molecule has 0 amide bonds. The molecule has 0 saturated heterocycles. The number of unbranched alkanes of at least 4 members (excludes halogenated alkanes) is 3. The average Bonchev–Trinajstić information content (AvgIpc) is 2.19. The first kappa shape index (κ1) is 13.6. The molecule has 0 rings (SSSR count). The monoisotopic (exact) mass is 200 g/mol. The van der Waals surface area contributed by atoms with E-state index in [9.17, 15) is 4.79 Å².